The molecular formula is C16H17BrClN. The second kappa shape index (κ2) is 6.56. The molecule has 0 saturated carbocycles. The summed E-state index contributed by atoms with van der Waals surface area (Å²) in [5.41, 5.74) is 3.78. The fraction of sp³-hybridized carbons (Fsp3) is 0.250. The van der Waals surface area contributed by atoms with Gasteiger partial charge < -0.3 is 5.32 Å². The quantitative estimate of drug-likeness (QED) is 0.835. The first-order chi connectivity index (χ1) is 9.10. The van der Waals surface area contributed by atoms with E-state index < -0.39 is 0 Å². The van der Waals surface area contributed by atoms with Crippen molar-refractivity contribution in [2.75, 3.05) is 7.05 Å². The van der Waals surface area contributed by atoms with E-state index in [0.717, 1.165) is 15.9 Å². The van der Waals surface area contributed by atoms with Crippen LogP contribution in [-0.2, 0) is 6.42 Å². The number of rotatable bonds is 4. The molecule has 0 aliphatic heterocycles. The summed E-state index contributed by atoms with van der Waals surface area (Å²) in [5, 5.41) is 4.17. The van der Waals surface area contributed by atoms with Crippen molar-refractivity contribution in [2.45, 2.75) is 19.4 Å². The molecule has 1 N–H and O–H groups in total. The number of halogens is 2. The molecule has 19 heavy (non-hydrogen) atoms. The van der Waals surface area contributed by atoms with Crippen LogP contribution < -0.4 is 5.32 Å². The third kappa shape index (κ3) is 3.82. The zero-order chi connectivity index (χ0) is 13.8. The van der Waals surface area contributed by atoms with E-state index in [-0.39, 0.29) is 6.04 Å². The summed E-state index contributed by atoms with van der Waals surface area (Å²) in [6.07, 6.45) is 0.916. The number of benzene rings is 2. The molecule has 0 saturated heterocycles. The maximum Gasteiger partial charge on any atom is 0.0408 e. The Bertz CT molecular complexity index is 568. The lowest BCUT2D eigenvalue weighted by Crippen LogP contribution is -2.19. The predicted octanol–water partition coefficient (Wildman–Crippen LogP) is 4.91. The highest BCUT2D eigenvalue weighted by molar-refractivity contribution is 9.10. The van der Waals surface area contributed by atoms with Crippen molar-refractivity contribution < 1.29 is 0 Å². The molecule has 0 heterocycles. The van der Waals surface area contributed by atoms with E-state index in [1.165, 1.54) is 16.7 Å². The van der Waals surface area contributed by atoms with Gasteiger partial charge in [-0.3, -0.25) is 0 Å². The molecule has 2 aromatic rings. The second-order valence-corrected chi connectivity index (χ2v) is 5.99. The average molecular weight is 339 g/mol. The van der Waals surface area contributed by atoms with Gasteiger partial charge in [0, 0.05) is 15.5 Å². The Balaban J connectivity index is 2.27. The monoisotopic (exact) mass is 337 g/mol. The van der Waals surface area contributed by atoms with E-state index in [1.807, 2.05) is 25.2 Å². The van der Waals surface area contributed by atoms with Gasteiger partial charge in [-0.15, -0.1) is 0 Å². The summed E-state index contributed by atoms with van der Waals surface area (Å²) in [6.45, 7) is 2.11. The van der Waals surface area contributed by atoms with Crippen LogP contribution in [0.4, 0.5) is 0 Å². The van der Waals surface area contributed by atoms with Crippen molar-refractivity contribution in [3.8, 4) is 0 Å². The van der Waals surface area contributed by atoms with Crippen molar-refractivity contribution in [3.63, 3.8) is 0 Å². The molecule has 0 aliphatic rings. The molecule has 1 atom stereocenters. The van der Waals surface area contributed by atoms with Crippen LogP contribution in [0.2, 0.25) is 5.02 Å². The van der Waals surface area contributed by atoms with Gasteiger partial charge in [0.25, 0.3) is 0 Å². The third-order valence-electron chi connectivity index (χ3n) is 3.20. The summed E-state index contributed by atoms with van der Waals surface area (Å²) in [4.78, 5) is 0. The van der Waals surface area contributed by atoms with Crippen LogP contribution in [0.15, 0.2) is 46.9 Å². The molecule has 0 radical (unpaired) electrons. The minimum Gasteiger partial charge on any atom is -0.313 e. The Labute approximate surface area is 128 Å². The summed E-state index contributed by atoms with van der Waals surface area (Å²) in [6, 6.07) is 14.7. The highest BCUT2D eigenvalue weighted by atomic mass is 79.9. The van der Waals surface area contributed by atoms with Crippen molar-refractivity contribution in [2.24, 2.45) is 0 Å². The van der Waals surface area contributed by atoms with Crippen molar-refractivity contribution >= 4 is 27.5 Å². The van der Waals surface area contributed by atoms with Gasteiger partial charge in [-0.25, -0.2) is 0 Å². The highest BCUT2D eigenvalue weighted by Gasteiger charge is 2.13. The van der Waals surface area contributed by atoms with Crippen LogP contribution in [0.25, 0.3) is 0 Å². The van der Waals surface area contributed by atoms with E-state index in [2.05, 4.69) is 52.4 Å². The SMILES string of the molecule is CNC(Cc1cccc(Cl)c1)c1cc(C)ccc1Br. The zero-order valence-corrected chi connectivity index (χ0v) is 13.4. The largest absolute Gasteiger partial charge is 0.313 e. The Hall–Kier alpha value is -0.830. The lowest BCUT2D eigenvalue weighted by molar-refractivity contribution is 0.589. The Morgan fingerprint density at radius 1 is 1.21 bits per heavy atom. The van der Waals surface area contributed by atoms with Crippen LogP contribution in [0.5, 0.6) is 0 Å². The number of nitrogens with one attached hydrogen (secondary N) is 1. The zero-order valence-electron chi connectivity index (χ0n) is 11.1. The van der Waals surface area contributed by atoms with Crippen molar-refractivity contribution in [3.05, 3.63) is 68.7 Å². The van der Waals surface area contributed by atoms with Gasteiger partial charge in [-0.2, -0.15) is 0 Å². The van der Waals surface area contributed by atoms with Gasteiger partial charge in [0.05, 0.1) is 0 Å². The molecule has 0 spiro atoms. The van der Waals surface area contributed by atoms with Crippen LogP contribution in [-0.4, -0.2) is 7.05 Å². The topological polar surface area (TPSA) is 12.0 Å². The third-order valence-corrected chi connectivity index (χ3v) is 4.16. The first-order valence-electron chi connectivity index (χ1n) is 6.28. The molecule has 100 valence electrons. The number of hydrogen-bond acceptors (Lipinski definition) is 1. The number of likely N-dealkylation sites (N-methyl/N-ethyl adjacent to an activating group) is 1. The predicted molar refractivity (Wildman–Crippen MR) is 85.8 cm³/mol. The number of hydrogen-bond donors (Lipinski definition) is 1. The van der Waals surface area contributed by atoms with E-state index in [4.69, 9.17) is 11.6 Å². The van der Waals surface area contributed by atoms with E-state index in [0.29, 0.717) is 0 Å². The molecular weight excluding hydrogens is 322 g/mol. The molecule has 1 nitrogen and oxygen atoms in total. The minimum absolute atomic E-state index is 0.271. The van der Waals surface area contributed by atoms with Crippen LogP contribution in [0, 0.1) is 6.92 Å². The van der Waals surface area contributed by atoms with Gasteiger partial charge in [-0.05, 0) is 49.7 Å². The lowest BCUT2D eigenvalue weighted by Gasteiger charge is -2.19. The fourth-order valence-corrected chi connectivity index (χ4v) is 2.93. The first kappa shape index (κ1) is 14.6. The van der Waals surface area contributed by atoms with Crippen LogP contribution >= 0.6 is 27.5 Å². The maximum atomic E-state index is 6.04. The molecule has 2 aromatic carbocycles. The molecule has 0 aromatic heterocycles. The van der Waals surface area contributed by atoms with Crippen molar-refractivity contribution in [1.82, 2.24) is 5.32 Å². The second-order valence-electron chi connectivity index (χ2n) is 4.70. The Kier molecular flexibility index (Phi) is 5.03. The van der Waals surface area contributed by atoms with Crippen LogP contribution in [0.1, 0.15) is 22.7 Å². The lowest BCUT2D eigenvalue weighted by atomic mass is 9.98. The highest BCUT2D eigenvalue weighted by Crippen LogP contribution is 2.27. The van der Waals surface area contributed by atoms with Gasteiger partial charge in [0.2, 0.25) is 0 Å². The molecule has 2 rings (SSSR count). The molecule has 0 amide bonds. The summed E-state index contributed by atoms with van der Waals surface area (Å²) >= 11 is 9.68. The first-order valence-corrected chi connectivity index (χ1v) is 7.45. The van der Waals surface area contributed by atoms with Crippen LogP contribution in [0.3, 0.4) is 0 Å². The molecule has 0 aliphatic carbocycles. The average Bonchev–Trinajstić information content (AvgIpc) is 2.39. The Morgan fingerprint density at radius 3 is 2.68 bits per heavy atom. The van der Waals surface area contributed by atoms with Gasteiger partial charge in [-0.1, -0.05) is 57.4 Å². The van der Waals surface area contributed by atoms with Gasteiger partial charge >= 0.3 is 0 Å². The summed E-state index contributed by atoms with van der Waals surface area (Å²) in [5.74, 6) is 0. The Morgan fingerprint density at radius 2 is 2.00 bits per heavy atom. The normalized spacial score (nSPS) is 12.4. The summed E-state index contributed by atoms with van der Waals surface area (Å²) in [7, 11) is 1.99. The molecule has 3 heteroatoms. The van der Waals surface area contributed by atoms with Gasteiger partial charge in [0.1, 0.15) is 0 Å². The van der Waals surface area contributed by atoms with E-state index >= 15 is 0 Å². The number of aryl methyl sites for hydroxylation is 1. The summed E-state index contributed by atoms with van der Waals surface area (Å²) < 4.78 is 1.14. The van der Waals surface area contributed by atoms with Crippen molar-refractivity contribution in [1.29, 1.82) is 0 Å². The fourth-order valence-electron chi connectivity index (χ4n) is 2.20. The molecule has 0 bridgehead atoms. The molecule has 0 fully saturated rings. The minimum atomic E-state index is 0.271. The van der Waals surface area contributed by atoms with E-state index in [1.54, 1.807) is 0 Å². The standard InChI is InChI=1S/C16H17BrClN/c1-11-6-7-15(17)14(8-11)16(19-2)10-12-4-3-5-13(18)9-12/h3-9,16,19H,10H2,1-2H3. The van der Waals surface area contributed by atoms with E-state index in [9.17, 15) is 0 Å². The maximum absolute atomic E-state index is 6.04. The van der Waals surface area contributed by atoms with Gasteiger partial charge in [0.15, 0.2) is 0 Å². The smallest absolute Gasteiger partial charge is 0.0408 e. The molecule has 1 unspecified atom stereocenters.